The number of carbonyl (C=O) groups excluding carboxylic acids is 1. The lowest BCUT2D eigenvalue weighted by Crippen LogP contribution is -2.46. The van der Waals surface area contributed by atoms with Gasteiger partial charge in [-0.1, -0.05) is 59.3 Å². The lowest BCUT2D eigenvalue weighted by molar-refractivity contribution is -0.216. The van der Waals surface area contributed by atoms with Crippen molar-refractivity contribution in [2.45, 2.75) is 109 Å². The number of cyclic esters (lactones) is 1. The van der Waals surface area contributed by atoms with Gasteiger partial charge in [-0.15, -0.1) is 0 Å². The molecule has 150 valence electrons. The highest BCUT2D eigenvalue weighted by atomic mass is 16.7. The molecule has 4 nitrogen and oxygen atoms in total. The van der Waals surface area contributed by atoms with Crippen molar-refractivity contribution in [3.63, 3.8) is 0 Å². The largest absolute Gasteiger partial charge is 0.435 e. The smallest absolute Gasteiger partial charge is 0.308 e. The Balaban J connectivity index is 1.73. The number of hydrogen-bond acceptors (Lipinski definition) is 4. The first-order chi connectivity index (χ1) is 12.4. The van der Waals surface area contributed by atoms with Crippen LogP contribution < -0.4 is 0 Å². The van der Waals surface area contributed by atoms with Gasteiger partial charge in [0.25, 0.3) is 0 Å². The lowest BCUT2D eigenvalue weighted by Gasteiger charge is -2.41. The molecule has 2 saturated carbocycles. The van der Waals surface area contributed by atoms with Gasteiger partial charge in [-0.05, 0) is 43.4 Å². The van der Waals surface area contributed by atoms with E-state index in [2.05, 4.69) is 20.8 Å². The average Bonchev–Trinajstić information content (AvgIpc) is 2.92. The fourth-order valence-corrected chi connectivity index (χ4v) is 5.43. The van der Waals surface area contributed by atoms with E-state index in [1.807, 2.05) is 0 Å². The van der Waals surface area contributed by atoms with Crippen molar-refractivity contribution in [1.29, 1.82) is 0 Å². The molecule has 3 rings (SSSR count). The molecular weight excluding hydrogens is 328 g/mol. The van der Waals surface area contributed by atoms with Crippen molar-refractivity contribution < 1.29 is 19.4 Å². The number of hydrogen-bond donors (Lipinski definition) is 1. The fraction of sp³-hybridized carbons (Fsp3) is 0.955. The minimum Gasteiger partial charge on any atom is -0.435 e. The number of carbonyl (C=O) groups is 1. The summed E-state index contributed by atoms with van der Waals surface area (Å²) >= 11 is 0. The summed E-state index contributed by atoms with van der Waals surface area (Å²) in [5.74, 6) is 1.30. The van der Waals surface area contributed by atoms with E-state index in [1.165, 1.54) is 32.1 Å². The SMILES string of the molecule is CC(C)[C@@H]1CC[C@@H](C)C[C@H]1O[C@@H]1OC(=O)C[C@H]1C1(O)CCCCCCC1. The zero-order chi connectivity index (χ0) is 18.7. The molecule has 26 heavy (non-hydrogen) atoms. The fourth-order valence-electron chi connectivity index (χ4n) is 5.43. The third-order valence-electron chi connectivity index (χ3n) is 7.14. The first-order valence-electron chi connectivity index (χ1n) is 11.0. The summed E-state index contributed by atoms with van der Waals surface area (Å²) in [6, 6.07) is 0. The van der Waals surface area contributed by atoms with E-state index < -0.39 is 11.9 Å². The summed E-state index contributed by atoms with van der Waals surface area (Å²) in [7, 11) is 0. The van der Waals surface area contributed by atoms with E-state index in [9.17, 15) is 9.90 Å². The van der Waals surface area contributed by atoms with Gasteiger partial charge in [0.2, 0.25) is 6.29 Å². The normalized spacial score (nSPS) is 38.7. The molecule has 0 aromatic carbocycles. The Kier molecular flexibility index (Phi) is 6.66. The van der Waals surface area contributed by atoms with Gasteiger partial charge in [0, 0.05) is 0 Å². The average molecular weight is 367 g/mol. The quantitative estimate of drug-likeness (QED) is 0.724. The molecule has 0 aromatic heterocycles. The monoisotopic (exact) mass is 366 g/mol. The molecule has 1 heterocycles. The van der Waals surface area contributed by atoms with Crippen molar-refractivity contribution in [2.75, 3.05) is 0 Å². The van der Waals surface area contributed by atoms with Crippen LogP contribution >= 0.6 is 0 Å². The Morgan fingerprint density at radius 1 is 1.12 bits per heavy atom. The standard InChI is InChI=1S/C22H38O4/c1-15(2)17-10-9-16(3)13-19(17)25-21-18(14-20(23)26-21)22(24)11-7-5-4-6-8-12-22/h15-19,21,24H,4-14H2,1-3H3/t16-,17+,18-,19-,21-/m1/s1. The van der Waals surface area contributed by atoms with E-state index in [0.29, 0.717) is 24.2 Å². The molecule has 0 amide bonds. The second kappa shape index (κ2) is 8.60. The summed E-state index contributed by atoms with van der Waals surface area (Å²) in [5, 5.41) is 11.4. The van der Waals surface area contributed by atoms with Crippen LogP contribution in [-0.2, 0) is 14.3 Å². The maximum absolute atomic E-state index is 12.1. The molecule has 3 aliphatic rings. The van der Waals surface area contributed by atoms with Crippen LogP contribution in [0.15, 0.2) is 0 Å². The van der Waals surface area contributed by atoms with Gasteiger partial charge in [-0.2, -0.15) is 0 Å². The van der Waals surface area contributed by atoms with E-state index >= 15 is 0 Å². The van der Waals surface area contributed by atoms with Crippen molar-refractivity contribution >= 4 is 5.97 Å². The van der Waals surface area contributed by atoms with Gasteiger partial charge in [-0.3, -0.25) is 4.79 Å². The number of ether oxygens (including phenoxy) is 2. The molecule has 5 atom stereocenters. The van der Waals surface area contributed by atoms with Gasteiger partial charge in [-0.25, -0.2) is 0 Å². The van der Waals surface area contributed by atoms with Gasteiger partial charge in [0.1, 0.15) is 0 Å². The van der Waals surface area contributed by atoms with Crippen molar-refractivity contribution in [2.24, 2.45) is 23.7 Å². The lowest BCUT2D eigenvalue weighted by atomic mass is 9.74. The summed E-state index contributed by atoms with van der Waals surface area (Å²) in [5.41, 5.74) is -0.815. The van der Waals surface area contributed by atoms with Crippen LogP contribution in [0, 0.1) is 23.7 Å². The predicted molar refractivity (Wildman–Crippen MR) is 101 cm³/mol. The minimum atomic E-state index is -0.815. The molecular formula is C22H38O4. The molecule has 0 unspecified atom stereocenters. The molecule has 4 heteroatoms. The van der Waals surface area contributed by atoms with Crippen LogP contribution in [-0.4, -0.2) is 29.1 Å². The topological polar surface area (TPSA) is 55.8 Å². The molecule has 1 N–H and O–H groups in total. The maximum Gasteiger partial charge on any atom is 0.308 e. The Morgan fingerprint density at radius 2 is 1.77 bits per heavy atom. The minimum absolute atomic E-state index is 0.134. The maximum atomic E-state index is 12.1. The first kappa shape index (κ1) is 20.1. The van der Waals surface area contributed by atoms with E-state index in [4.69, 9.17) is 9.47 Å². The first-order valence-corrected chi connectivity index (χ1v) is 11.0. The number of esters is 1. The number of rotatable bonds is 4. The van der Waals surface area contributed by atoms with Crippen molar-refractivity contribution in [3.05, 3.63) is 0 Å². The zero-order valence-electron chi connectivity index (χ0n) is 16.9. The Labute approximate surface area is 159 Å². The third-order valence-corrected chi connectivity index (χ3v) is 7.14. The summed E-state index contributed by atoms with van der Waals surface area (Å²) in [6.45, 7) is 6.81. The molecule has 1 aliphatic heterocycles. The highest BCUT2D eigenvalue weighted by Crippen LogP contribution is 2.43. The van der Waals surface area contributed by atoms with Crippen LogP contribution in [0.2, 0.25) is 0 Å². The Hall–Kier alpha value is -0.610. The van der Waals surface area contributed by atoms with Crippen molar-refractivity contribution in [1.82, 2.24) is 0 Å². The summed E-state index contributed by atoms with van der Waals surface area (Å²) in [6.07, 6.45) is 10.5. The van der Waals surface area contributed by atoms with Gasteiger partial charge >= 0.3 is 5.97 Å². The van der Waals surface area contributed by atoms with E-state index in [-0.39, 0.29) is 18.0 Å². The zero-order valence-corrected chi connectivity index (χ0v) is 16.9. The highest BCUT2D eigenvalue weighted by molar-refractivity contribution is 5.72. The third kappa shape index (κ3) is 4.62. The highest BCUT2D eigenvalue weighted by Gasteiger charge is 2.50. The van der Waals surface area contributed by atoms with Crippen LogP contribution in [0.4, 0.5) is 0 Å². The molecule has 0 aromatic rings. The summed E-state index contributed by atoms with van der Waals surface area (Å²) < 4.78 is 12.1. The molecule has 1 saturated heterocycles. The molecule has 3 fully saturated rings. The second-order valence-electron chi connectivity index (χ2n) is 9.54. The van der Waals surface area contributed by atoms with Crippen molar-refractivity contribution in [3.8, 4) is 0 Å². The Morgan fingerprint density at radius 3 is 2.42 bits per heavy atom. The van der Waals surface area contributed by atoms with Crippen LogP contribution in [0.3, 0.4) is 0 Å². The van der Waals surface area contributed by atoms with Gasteiger partial charge in [0.15, 0.2) is 0 Å². The van der Waals surface area contributed by atoms with Crippen LogP contribution in [0.25, 0.3) is 0 Å². The summed E-state index contributed by atoms with van der Waals surface area (Å²) in [4.78, 5) is 12.1. The Bertz CT molecular complexity index is 467. The molecule has 0 radical (unpaired) electrons. The molecule has 0 bridgehead atoms. The predicted octanol–water partition coefficient (Wildman–Crippen LogP) is 4.83. The second-order valence-corrected chi connectivity index (χ2v) is 9.54. The molecule has 0 spiro atoms. The van der Waals surface area contributed by atoms with Gasteiger partial charge < -0.3 is 14.6 Å². The van der Waals surface area contributed by atoms with Crippen LogP contribution in [0.5, 0.6) is 0 Å². The number of aliphatic hydroxyl groups is 1. The molecule has 2 aliphatic carbocycles. The van der Waals surface area contributed by atoms with E-state index in [1.54, 1.807) is 0 Å². The van der Waals surface area contributed by atoms with Gasteiger partial charge in [0.05, 0.1) is 24.0 Å². The van der Waals surface area contributed by atoms with Crippen LogP contribution in [0.1, 0.15) is 91.4 Å². The van der Waals surface area contributed by atoms with E-state index in [0.717, 1.165) is 32.1 Å².